The molecule has 0 saturated carbocycles. The molecule has 7 heteroatoms. The lowest BCUT2D eigenvalue weighted by Crippen LogP contribution is -2.39. The molecule has 0 amide bonds. The Morgan fingerprint density at radius 2 is 2.19 bits per heavy atom. The molecule has 1 aliphatic heterocycles. The van der Waals surface area contributed by atoms with Gasteiger partial charge in [0.15, 0.2) is 5.96 Å². The Morgan fingerprint density at radius 1 is 1.35 bits per heavy atom. The highest BCUT2D eigenvalue weighted by Crippen LogP contribution is 2.11. The Balaban J connectivity index is 0.00000338. The van der Waals surface area contributed by atoms with E-state index in [0.717, 1.165) is 70.3 Å². The maximum Gasteiger partial charge on any atom is 0.191 e. The second-order valence-corrected chi connectivity index (χ2v) is 6.83. The molecule has 6 nitrogen and oxygen atoms in total. The smallest absolute Gasteiger partial charge is 0.191 e. The summed E-state index contributed by atoms with van der Waals surface area (Å²) in [5.41, 5.74) is 0. The monoisotopic (exact) mass is 479 g/mol. The minimum absolute atomic E-state index is 0. The van der Waals surface area contributed by atoms with E-state index in [9.17, 15) is 0 Å². The van der Waals surface area contributed by atoms with Gasteiger partial charge in [-0.3, -0.25) is 4.99 Å². The molecule has 1 unspecified atom stereocenters. The number of nitrogens with zero attached hydrogens (tertiary/aromatic N) is 1. The van der Waals surface area contributed by atoms with Crippen LogP contribution in [0.3, 0.4) is 0 Å². The van der Waals surface area contributed by atoms with Gasteiger partial charge in [-0.25, -0.2) is 0 Å². The number of halogens is 1. The molecule has 2 rings (SSSR count). The lowest BCUT2D eigenvalue weighted by molar-refractivity contribution is 0.108. The topological polar surface area (TPSA) is 68.0 Å². The molecule has 1 saturated heterocycles. The number of furan rings is 1. The predicted molar refractivity (Wildman–Crippen MR) is 115 cm³/mol. The van der Waals surface area contributed by atoms with Gasteiger partial charge < -0.3 is 24.5 Å². The summed E-state index contributed by atoms with van der Waals surface area (Å²) in [6, 6.07) is 3.90. The van der Waals surface area contributed by atoms with Crippen molar-refractivity contribution in [2.45, 2.75) is 45.6 Å². The van der Waals surface area contributed by atoms with Gasteiger partial charge >= 0.3 is 0 Å². The highest BCUT2D eigenvalue weighted by molar-refractivity contribution is 14.0. The quantitative estimate of drug-likeness (QED) is 0.221. The third kappa shape index (κ3) is 10.4. The van der Waals surface area contributed by atoms with Crippen LogP contribution in [0, 0.1) is 5.92 Å². The average molecular weight is 479 g/mol. The van der Waals surface area contributed by atoms with Gasteiger partial charge in [0.05, 0.1) is 18.9 Å². The summed E-state index contributed by atoms with van der Waals surface area (Å²) in [5, 5.41) is 6.76. The second-order valence-electron chi connectivity index (χ2n) is 6.83. The van der Waals surface area contributed by atoms with Crippen molar-refractivity contribution in [1.82, 2.24) is 10.6 Å². The molecule has 0 aliphatic carbocycles. The molecule has 1 aromatic rings. The first-order valence-corrected chi connectivity index (χ1v) is 9.48. The number of ether oxygens (including phenoxy) is 2. The standard InChI is InChI=1S/C19H33N3O3.HI/c1-16(2)15-23-11-5-9-20-19(22-14-18-7-4-13-25-18)21-10-8-17-6-3-12-24-17;/h3,6,12,16,18H,4-5,7-11,13-15H2,1-2H3,(H2,20,21,22);1H. The highest BCUT2D eigenvalue weighted by Gasteiger charge is 2.14. The second kappa shape index (κ2) is 14.3. The molecular weight excluding hydrogens is 445 g/mol. The maximum absolute atomic E-state index is 5.65. The van der Waals surface area contributed by atoms with Gasteiger partial charge in [0.1, 0.15) is 5.76 Å². The molecule has 0 spiro atoms. The van der Waals surface area contributed by atoms with Crippen molar-refractivity contribution in [2.75, 3.05) is 39.5 Å². The summed E-state index contributed by atoms with van der Waals surface area (Å²) in [6.45, 7) is 9.12. The molecule has 1 aliphatic rings. The first-order valence-electron chi connectivity index (χ1n) is 9.48. The fraction of sp³-hybridized carbons (Fsp3) is 0.737. The largest absolute Gasteiger partial charge is 0.469 e. The summed E-state index contributed by atoms with van der Waals surface area (Å²) < 4.78 is 16.6. The Kier molecular flexibility index (Phi) is 12.8. The van der Waals surface area contributed by atoms with Crippen molar-refractivity contribution in [3.8, 4) is 0 Å². The lowest BCUT2D eigenvalue weighted by Gasteiger charge is -2.14. The molecule has 150 valence electrons. The highest BCUT2D eigenvalue weighted by atomic mass is 127. The van der Waals surface area contributed by atoms with Crippen LogP contribution in [0.2, 0.25) is 0 Å². The van der Waals surface area contributed by atoms with Crippen molar-refractivity contribution in [2.24, 2.45) is 10.9 Å². The van der Waals surface area contributed by atoms with E-state index in [1.54, 1.807) is 6.26 Å². The van der Waals surface area contributed by atoms with Gasteiger partial charge in [0.25, 0.3) is 0 Å². The first kappa shape index (κ1) is 23.2. The third-order valence-electron chi connectivity index (χ3n) is 3.93. The van der Waals surface area contributed by atoms with E-state index in [1.165, 1.54) is 0 Å². The van der Waals surface area contributed by atoms with Crippen LogP contribution in [0.15, 0.2) is 27.8 Å². The summed E-state index contributed by atoms with van der Waals surface area (Å²) in [4.78, 5) is 4.67. The van der Waals surface area contributed by atoms with Gasteiger partial charge in [-0.15, -0.1) is 24.0 Å². The van der Waals surface area contributed by atoms with Gasteiger partial charge in [-0.1, -0.05) is 13.8 Å². The zero-order chi connectivity index (χ0) is 17.7. The van der Waals surface area contributed by atoms with E-state index < -0.39 is 0 Å². The van der Waals surface area contributed by atoms with Crippen LogP contribution in [0.1, 0.15) is 38.9 Å². The molecule has 1 fully saturated rings. The number of hydrogen-bond donors (Lipinski definition) is 2. The van der Waals surface area contributed by atoms with E-state index in [0.29, 0.717) is 12.5 Å². The van der Waals surface area contributed by atoms with Gasteiger partial charge in [0, 0.05) is 39.3 Å². The Morgan fingerprint density at radius 3 is 2.88 bits per heavy atom. The number of guanidine groups is 1. The molecule has 2 N–H and O–H groups in total. The van der Waals surface area contributed by atoms with Crippen LogP contribution >= 0.6 is 24.0 Å². The van der Waals surface area contributed by atoms with E-state index >= 15 is 0 Å². The number of aliphatic imine (C=N–C) groups is 1. The molecule has 26 heavy (non-hydrogen) atoms. The number of rotatable bonds is 11. The van der Waals surface area contributed by atoms with E-state index in [4.69, 9.17) is 13.9 Å². The first-order chi connectivity index (χ1) is 12.2. The van der Waals surface area contributed by atoms with Crippen LogP contribution in [0.25, 0.3) is 0 Å². The minimum atomic E-state index is 0. The number of nitrogens with one attached hydrogen (secondary N) is 2. The predicted octanol–water partition coefficient (Wildman–Crippen LogP) is 3.22. The van der Waals surface area contributed by atoms with Crippen LogP contribution in [0.5, 0.6) is 0 Å². The lowest BCUT2D eigenvalue weighted by atomic mass is 10.2. The van der Waals surface area contributed by atoms with E-state index in [2.05, 4.69) is 29.5 Å². The normalized spacial score (nSPS) is 17.3. The Bertz CT molecular complexity index is 474. The average Bonchev–Trinajstić information content (AvgIpc) is 3.28. The Labute approximate surface area is 174 Å². The molecule has 0 radical (unpaired) electrons. The molecule has 0 aromatic carbocycles. The van der Waals surface area contributed by atoms with E-state index in [-0.39, 0.29) is 30.1 Å². The zero-order valence-corrected chi connectivity index (χ0v) is 18.4. The van der Waals surface area contributed by atoms with Crippen LogP contribution < -0.4 is 10.6 Å². The maximum atomic E-state index is 5.65. The van der Waals surface area contributed by atoms with Crippen molar-refractivity contribution in [3.05, 3.63) is 24.2 Å². The molecule has 2 heterocycles. The molecular formula is C19H34IN3O3. The fourth-order valence-corrected chi connectivity index (χ4v) is 2.61. The summed E-state index contributed by atoms with van der Waals surface area (Å²) in [5.74, 6) is 2.40. The third-order valence-corrected chi connectivity index (χ3v) is 3.93. The van der Waals surface area contributed by atoms with Crippen LogP contribution in [-0.4, -0.2) is 51.5 Å². The van der Waals surface area contributed by atoms with Crippen molar-refractivity contribution in [3.63, 3.8) is 0 Å². The van der Waals surface area contributed by atoms with Gasteiger partial charge in [-0.2, -0.15) is 0 Å². The molecule has 0 bridgehead atoms. The van der Waals surface area contributed by atoms with Crippen molar-refractivity contribution in [1.29, 1.82) is 0 Å². The van der Waals surface area contributed by atoms with Crippen molar-refractivity contribution >= 4 is 29.9 Å². The van der Waals surface area contributed by atoms with Crippen LogP contribution in [0.4, 0.5) is 0 Å². The molecule has 1 atom stereocenters. The van der Waals surface area contributed by atoms with Crippen LogP contribution in [-0.2, 0) is 15.9 Å². The Hall–Kier alpha value is -0.800. The fourth-order valence-electron chi connectivity index (χ4n) is 2.61. The zero-order valence-electron chi connectivity index (χ0n) is 16.0. The minimum Gasteiger partial charge on any atom is -0.469 e. The van der Waals surface area contributed by atoms with Gasteiger partial charge in [-0.05, 0) is 37.3 Å². The van der Waals surface area contributed by atoms with Gasteiger partial charge in [0.2, 0.25) is 0 Å². The summed E-state index contributed by atoms with van der Waals surface area (Å²) in [7, 11) is 0. The summed E-state index contributed by atoms with van der Waals surface area (Å²) >= 11 is 0. The van der Waals surface area contributed by atoms with E-state index in [1.807, 2.05) is 12.1 Å². The SMILES string of the molecule is CC(C)COCCCNC(=NCC1CCCO1)NCCc1ccco1.I. The summed E-state index contributed by atoms with van der Waals surface area (Å²) in [6.07, 6.45) is 6.01. The van der Waals surface area contributed by atoms with Crippen molar-refractivity contribution < 1.29 is 13.9 Å². The molecule has 1 aromatic heterocycles. The number of hydrogen-bond acceptors (Lipinski definition) is 4.